The van der Waals surface area contributed by atoms with E-state index in [1.165, 1.54) is 57.8 Å². The number of para-hydroxylation sites is 1. The molecule has 1 rings (SSSR count). The van der Waals surface area contributed by atoms with E-state index in [1.807, 2.05) is 24.3 Å². The van der Waals surface area contributed by atoms with E-state index in [1.54, 1.807) is 0 Å². The zero-order chi connectivity index (χ0) is 18.9. The fourth-order valence-electron chi connectivity index (χ4n) is 2.94. The molecule has 3 heteroatoms. The van der Waals surface area contributed by atoms with Gasteiger partial charge in [0.2, 0.25) is 0 Å². The van der Waals surface area contributed by atoms with Crippen molar-refractivity contribution in [3.8, 4) is 5.75 Å². The zero-order valence-electron chi connectivity index (χ0n) is 16.4. The second-order valence-electron chi connectivity index (χ2n) is 6.90. The van der Waals surface area contributed by atoms with Crippen LogP contribution in [0, 0.1) is 0 Å². The maximum absolute atomic E-state index is 10.5. The molecule has 146 valence electrons. The Labute approximate surface area is 159 Å². The zero-order valence-corrected chi connectivity index (χ0v) is 16.4. The van der Waals surface area contributed by atoms with Gasteiger partial charge in [-0.3, -0.25) is 4.79 Å². The first-order valence-corrected chi connectivity index (χ1v) is 10.3. The minimum absolute atomic E-state index is 0.149. The maximum atomic E-state index is 10.5. The van der Waals surface area contributed by atoms with E-state index < -0.39 is 5.97 Å². The Morgan fingerprint density at radius 2 is 1.62 bits per heavy atom. The number of rotatable bonds is 16. The van der Waals surface area contributed by atoms with Crippen LogP contribution in [0.3, 0.4) is 0 Å². The molecular weight excluding hydrogens is 324 g/mol. The molecule has 0 heterocycles. The molecule has 1 aromatic rings. The van der Waals surface area contributed by atoms with Crippen LogP contribution in [0.4, 0.5) is 0 Å². The van der Waals surface area contributed by atoms with Gasteiger partial charge >= 0.3 is 5.97 Å². The summed E-state index contributed by atoms with van der Waals surface area (Å²) in [5, 5.41) is 8.67. The summed E-state index contributed by atoms with van der Waals surface area (Å²) >= 11 is 0. The Morgan fingerprint density at radius 1 is 0.962 bits per heavy atom. The van der Waals surface area contributed by atoms with Crippen molar-refractivity contribution in [1.82, 2.24) is 0 Å². The largest absolute Gasteiger partial charge is 0.493 e. The predicted molar refractivity (Wildman–Crippen MR) is 110 cm³/mol. The van der Waals surface area contributed by atoms with Crippen LogP contribution in [0.15, 0.2) is 30.3 Å². The Hall–Kier alpha value is -1.77. The van der Waals surface area contributed by atoms with E-state index in [0.29, 0.717) is 13.0 Å². The molecule has 0 saturated heterocycles. The number of carboxylic acids is 1. The SMILES string of the molecule is CCCCCCCCCCC/C=C/c1ccccc1OCCCC(=O)O. The minimum atomic E-state index is -0.775. The smallest absolute Gasteiger partial charge is 0.303 e. The second kappa shape index (κ2) is 15.5. The summed E-state index contributed by atoms with van der Waals surface area (Å²) in [6.07, 6.45) is 18.3. The van der Waals surface area contributed by atoms with Crippen molar-refractivity contribution in [1.29, 1.82) is 0 Å². The first-order valence-electron chi connectivity index (χ1n) is 10.3. The van der Waals surface area contributed by atoms with Crippen molar-refractivity contribution in [2.45, 2.75) is 84.0 Å². The third-order valence-electron chi connectivity index (χ3n) is 4.48. The number of carboxylic acid groups (broad SMARTS) is 1. The molecule has 0 radical (unpaired) electrons. The number of allylic oxidation sites excluding steroid dienone is 1. The van der Waals surface area contributed by atoms with Gasteiger partial charge in [-0.15, -0.1) is 0 Å². The molecule has 0 saturated carbocycles. The monoisotopic (exact) mass is 360 g/mol. The van der Waals surface area contributed by atoms with Crippen molar-refractivity contribution < 1.29 is 14.6 Å². The molecule has 1 aromatic carbocycles. The molecule has 1 N–H and O–H groups in total. The lowest BCUT2D eigenvalue weighted by Gasteiger charge is -2.08. The van der Waals surface area contributed by atoms with E-state index in [-0.39, 0.29) is 6.42 Å². The van der Waals surface area contributed by atoms with Gasteiger partial charge in [-0.1, -0.05) is 88.6 Å². The van der Waals surface area contributed by atoms with Gasteiger partial charge in [0.25, 0.3) is 0 Å². The quantitative estimate of drug-likeness (QED) is 0.327. The van der Waals surface area contributed by atoms with Crippen LogP contribution in [-0.4, -0.2) is 17.7 Å². The molecule has 0 amide bonds. The van der Waals surface area contributed by atoms with Gasteiger partial charge < -0.3 is 9.84 Å². The number of unbranched alkanes of at least 4 members (excludes halogenated alkanes) is 9. The highest BCUT2D eigenvalue weighted by molar-refractivity contribution is 5.66. The highest BCUT2D eigenvalue weighted by Crippen LogP contribution is 2.20. The van der Waals surface area contributed by atoms with Crippen molar-refractivity contribution in [3.63, 3.8) is 0 Å². The molecule has 26 heavy (non-hydrogen) atoms. The number of aliphatic carboxylic acids is 1. The van der Waals surface area contributed by atoms with Gasteiger partial charge in [0, 0.05) is 12.0 Å². The van der Waals surface area contributed by atoms with Gasteiger partial charge in [0.1, 0.15) is 5.75 Å². The summed E-state index contributed by atoms with van der Waals surface area (Å²) in [4.78, 5) is 10.5. The molecule has 0 aliphatic heterocycles. The third-order valence-corrected chi connectivity index (χ3v) is 4.48. The molecule has 0 fully saturated rings. The van der Waals surface area contributed by atoms with Crippen molar-refractivity contribution in [3.05, 3.63) is 35.9 Å². The average molecular weight is 361 g/mol. The summed E-state index contributed by atoms with van der Waals surface area (Å²) < 4.78 is 5.72. The van der Waals surface area contributed by atoms with E-state index in [0.717, 1.165) is 17.7 Å². The Morgan fingerprint density at radius 3 is 2.31 bits per heavy atom. The molecule has 0 atom stereocenters. The van der Waals surface area contributed by atoms with Crippen LogP contribution in [0.25, 0.3) is 6.08 Å². The van der Waals surface area contributed by atoms with Crippen molar-refractivity contribution in [2.24, 2.45) is 0 Å². The van der Waals surface area contributed by atoms with Crippen LogP contribution in [0.2, 0.25) is 0 Å². The lowest BCUT2D eigenvalue weighted by molar-refractivity contribution is -0.137. The lowest BCUT2D eigenvalue weighted by atomic mass is 10.1. The van der Waals surface area contributed by atoms with Gasteiger partial charge in [-0.05, 0) is 25.3 Å². The van der Waals surface area contributed by atoms with Crippen LogP contribution < -0.4 is 4.74 Å². The Kier molecular flexibility index (Phi) is 13.3. The Balaban J connectivity index is 2.16. The van der Waals surface area contributed by atoms with Crippen LogP contribution in [0.5, 0.6) is 5.75 Å². The average Bonchev–Trinajstić information content (AvgIpc) is 2.64. The standard InChI is InChI=1S/C23H36O3/c1-2-3-4-5-6-7-8-9-10-11-12-16-21-17-13-14-18-22(21)26-20-15-19-23(24)25/h12-14,16-18H,2-11,15,19-20H2,1H3,(H,24,25)/b16-12+. The molecule has 0 aliphatic carbocycles. The number of ether oxygens (including phenoxy) is 1. The summed E-state index contributed by atoms with van der Waals surface area (Å²) in [5.41, 5.74) is 1.07. The van der Waals surface area contributed by atoms with Gasteiger partial charge in [0.05, 0.1) is 6.61 Å². The molecule has 0 aliphatic rings. The fourth-order valence-corrected chi connectivity index (χ4v) is 2.94. The molecule has 0 spiro atoms. The van der Waals surface area contributed by atoms with E-state index in [4.69, 9.17) is 9.84 Å². The highest BCUT2D eigenvalue weighted by atomic mass is 16.5. The molecule has 0 aromatic heterocycles. The van der Waals surface area contributed by atoms with Crippen LogP contribution in [0.1, 0.15) is 89.5 Å². The summed E-state index contributed by atoms with van der Waals surface area (Å²) in [7, 11) is 0. The number of carbonyl (C=O) groups is 1. The molecule has 0 unspecified atom stereocenters. The summed E-state index contributed by atoms with van der Waals surface area (Å²) in [6, 6.07) is 7.94. The number of hydrogen-bond donors (Lipinski definition) is 1. The second-order valence-corrected chi connectivity index (χ2v) is 6.90. The van der Waals surface area contributed by atoms with Crippen molar-refractivity contribution >= 4 is 12.0 Å². The molecule has 3 nitrogen and oxygen atoms in total. The van der Waals surface area contributed by atoms with Crippen molar-refractivity contribution in [2.75, 3.05) is 6.61 Å². The lowest BCUT2D eigenvalue weighted by Crippen LogP contribution is -2.02. The first kappa shape index (κ1) is 22.3. The van der Waals surface area contributed by atoms with Gasteiger partial charge in [-0.25, -0.2) is 0 Å². The summed E-state index contributed by atoms with van der Waals surface area (Å²) in [5.74, 6) is 0.0592. The fraction of sp³-hybridized carbons (Fsp3) is 0.609. The minimum Gasteiger partial charge on any atom is -0.493 e. The predicted octanol–water partition coefficient (Wildman–Crippen LogP) is 6.86. The Bertz CT molecular complexity index is 508. The molecular formula is C23H36O3. The van der Waals surface area contributed by atoms with Gasteiger partial charge in [0.15, 0.2) is 0 Å². The molecule has 0 bridgehead atoms. The third kappa shape index (κ3) is 11.7. The topological polar surface area (TPSA) is 46.5 Å². The van der Waals surface area contributed by atoms with Crippen LogP contribution in [-0.2, 0) is 4.79 Å². The summed E-state index contributed by atoms with van der Waals surface area (Å²) in [6.45, 7) is 2.70. The first-order chi connectivity index (χ1) is 12.7. The van der Waals surface area contributed by atoms with E-state index >= 15 is 0 Å². The highest BCUT2D eigenvalue weighted by Gasteiger charge is 2.01. The van der Waals surface area contributed by atoms with E-state index in [2.05, 4.69) is 19.1 Å². The van der Waals surface area contributed by atoms with Gasteiger partial charge in [-0.2, -0.15) is 0 Å². The normalized spacial score (nSPS) is 11.1. The number of benzene rings is 1. The maximum Gasteiger partial charge on any atom is 0.303 e. The number of hydrogen-bond acceptors (Lipinski definition) is 2. The van der Waals surface area contributed by atoms with Crippen LogP contribution >= 0.6 is 0 Å². The van der Waals surface area contributed by atoms with E-state index in [9.17, 15) is 4.79 Å².